The minimum Gasteiger partial charge on any atom is -0.348 e. The molecule has 0 saturated heterocycles. The first-order chi connectivity index (χ1) is 10.8. The molecule has 2 aromatic rings. The maximum Gasteiger partial charge on any atom is 0.251 e. The SMILES string of the molecule is CCCc1ccc(C(=O)NCc2ccc3c(c2)CNC3)cc1.Cl. The number of carbonyl (C=O) groups excluding carboxylic acids is 1. The summed E-state index contributed by atoms with van der Waals surface area (Å²) in [7, 11) is 0. The van der Waals surface area contributed by atoms with Gasteiger partial charge in [0.2, 0.25) is 0 Å². The Morgan fingerprint density at radius 3 is 2.48 bits per heavy atom. The zero-order valence-corrected chi connectivity index (χ0v) is 14.2. The van der Waals surface area contributed by atoms with Crippen LogP contribution >= 0.6 is 12.4 Å². The van der Waals surface area contributed by atoms with Gasteiger partial charge in [0.25, 0.3) is 5.91 Å². The predicted molar refractivity (Wildman–Crippen MR) is 95.8 cm³/mol. The monoisotopic (exact) mass is 330 g/mol. The van der Waals surface area contributed by atoms with E-state index >= 15 is 0 Å². The van der Waals surface area contributed by atoms with E-state index in [4.69, 9.17) is 0 Å². The largest absolute Gasteiger partial charge is 0.348 e. The molecular formula is C19H23ClN2O. The Morgan fingerprint density at radius 1 is 1.04 bits per heavy atom. The molecular weight excluding hydrogens is 308 g/mol. The Labute approximate surface area is 143 Å². The molecule has 0 saturated carbocycles. The molecule has 4 heteroatoms. The molecule has 3 nitrogen and oxygen atoms in total. The zero-order chi connectivity index (χ0) is 15.4. The second-order valence-electron chi connectivity index (χ2n) is 5.84. The Kier molecular flexibility index (Phi) is 6.20. The third-order valence-corrected chi connectivity index (χ3v) is 4.11. The van der Waals surface area contributed by atoms with E-state index in [1.54, 1.807) is 0 Å². The number of hydrogen-bond donors (Lipinski definition) is 2. The van der Waals surface area contributed by atoms with Gasteiger partial charge < -0.3 is 10.6 Å². The van der Waals surface area contributed by atoms with Gasteiger partial charge >= 0.3 is 0 Å². The van der Waals surface area contributed by atoms with Crippen LogP contribution in [0.4, 0.5) is 0 Å². The van der Waals surface area contributed by atoms with E-state index < -0.39 is 0 Å². The number of amides is 1. The Bertz CT molecular complexity index is 668. The molecule has 1 aliphatic rings. The second-order valence-corrected chi connectivity index (χ2v) is 5.84. The van der Waals surface area contributed by atoms with Crippen LogP contribution in [-0.4, -0.2) is 5.91 Å². The van der Waals surface area contributed by atoms with Crippen LogP contribution in [0.25, 0.3) is 0 Å². The van der Waals surface area contributed by atoms with E-state index in [0.29, 0.717) is 6.54 Å². The van der Waals surface area contributed by atoms with Crippen molar-refractivity contribution in [2.45, 2.75) is 39.4 Å². The first-order valence-electron chi connectivity index (χ1n) is 7.95. The van der Waals surface area contributed by atoms with E-state index in [1.165, 1.54) is 16.7 Å². The summed E-state index contributed by atoms with van der Waals surface area (Å²) in [4.78, 5) is 12.2. The molecule has 0 radical (unpaired) electrons. The molecule has 3 rings (SSSR count). The highest BCUT2D eigenvalue weighted by molar-refractivity contribution is 5.94. The van der Waals surface area contributed by atoms with Gasteiger partial charge in [-0.2, -0.15) is 0 Å². The molecule has 2 aromatic carbocycles. The Morgan fingerprint density at radius 2 is 1.74 bits per heavy atom. The first kappa shape index (κ1) is 17.5. The molecule has 122 valence electrons. The van der Waals surface area contributed by atoms with E-state index in [0.717, 1.165) is 37.1 Å². The number of carbonyl (C=O) groups is 1. The zero-order valence-electron chi connectivity index (χ0n) is 13.4. The van der Waals surface area contributed by atoms with E-state index in [-0.39, 0.29) is 18.3 Å². The Hall–Kier alpha value is -1.84. The first-order valence-corrected chi connectivity index (χ1v) is 7.95. The van der Waals surface area contributed by atoms with Gasteiger partial charge in [-0.25, -0.2) is 0 Å². The fraction of sp³-hybridized carbons (Fsp3) is 0.316. The number of nitrogens with one attached hydrogen (secondary N) is 2. The minimum atomic E-state index is -0.0123. The van der Waals surface area contributed by atoms with Crippen LogP contribution in [0.15, 0.2) is 42.5 Å². The highest BCUT2D eigenvalue weighted by atomic mass is 35.5. The molecule has 0 spiro atoms. The second kappa shape index (κ2) is 8.14. The predicted octanol–water partition coefficient (Wildman–Crippen LogP) is 3.59. The summed E-state index contributed by atoms with van der Waals surface area (Å²) in [5.74, 6) is -0.0123. The highest BCUT2D eigenvalue weighted by Gasteiger charge is 2.11. The molecule has 0 fully saturated rings. The number of rotatable bonds is 5. The van der Waals surface area contributed by atoms with Crippen molar-refractivity contribution in [3.05, 3.63) is 70.3 Å². The summed E-state index contributed by atoms with van der Waals surface area (Å²) in [6.07, 6.45) is 2.18. The molecule has 1 aliphatic heterocycles. The van der Waals surface area contributed by atoms with Gasteiger partial charge in [-0.1, -0.05) is 43.7 Å². The average Bonchev–Trinajstić information content (AvgIpc) is 3.01. The number of aryl methyl sites for hydroxylation is 1. The van der Waals surface area contributed by atoms with Crippen LogP contribution in [0.5, 0.6) is 0 Å². The maximum absolute atomic E-state index is 12.2. The molecule has 23 heavy (non-hydrogen) atoms. The number of fused-ring (bicyclic) bond motifs is 1. The molecule has 1 heterocycles. The van der Waals surface area contributed by atoms with Crippen molar-refractivity contribution < 1.29 is 4.79 Å². The molecule has 0 atom stereocenters. The normalized spacial score (nSPS) is 12.4. The van der Waals surface area contributed by atoms with E-state index in [9.17, 15) is 4.79 Å². The third kappa shape index (κ3) is 4.34. The van der Waals surface area contributed by atoms with Gasteiger partial charge in [-0.15, -0.1) is 12.4 Å². The smallest absolute Gasteiger partial charge is 0.251 e. The quantitative estimate of drug-likeness (QED) is 0.879. The van der Waals surface area contributed by atoms with Crippen molar-refractivity contribution in [3.63, 3.8) is 0 Å². The van der Waals surface area contributed by atoms with Crippen LogP contribution in [0.3, 0.4) is 0 Å². The summed E-state index contributed by atoms with van der Waals surface area (Å²) in [5, 5.41) is 6.33. The highest BCUT2D eigenvalue weighted by Crippen LogP contribution is 2.17. The van der Waals surface area contributed by atoms with Crippen LogP contribution in [0, 0.1) is 0 Å². The van der Waals surface area contributed by atoms with E-state index in [1.807, 2.05) is 24.3 Å². The molecule has 0 unspecified atom stereocenters. The number of benzene rings is 2. The van der Waals surface area contributed by atoms with Crippen LogP contribution < -0.4 is 10.6 Å². The van der Waals surface area contributed by atoms with Crippen molar-refractivity contribution in [3.8, 4) is 0 Å². The topological polar surface area (TPSA) is 41.1 Å². The van der Waals surface area contributed by atoms with E-state index in [2.05, 4.69) is 35.8 Å². The molecule has 0 aromatic heterocycles. The lowest BCUT2D eigenvalue weighted by atomic mass is 10.1. The lowest BCUT2D eigenvalue weighted by Gasteiger charge is -2.08. The van der Waals surface area contributed by atoms with Gasteiger partial charge in [-0.05, 0) is 40.8 Å². The molecule has 0 bridgehead atoms. The van der Waals surface area contributed by atoms with Crippen molar-refractivity contribution in [2.75, 3.05) is 0 Å². The van der Waals surface area contributed by atoms with Crippen molar-refractivity contribution in [1.82, 2.24) is 10.6 Å². The fourth-order valence-corrected chi connectivity index (χ4v) is 2.85. The summed E-state index contributed by atoms with van der Waals surface area (Å²) in [6.45, 7) is 4.61. The summed E-state index contributed by atoms with van der Waals surface area (Å²) in [6, 6.07) is 14.3. The minimum absolute atomic E-state index is 0. The van der Waals surface area contributed by atoms with Crippen LogP contribution in [0.1, 0.15) is 46.0 Å². The molecule has 1 amide bonds. The van der Waals surface area contributed by atoms with Crippen LogP contribution in [-0.2, 0) is 26.1 Å². The standard InChI is InChI=1S/C19H22N2O.ClH/c1-2-3-14-4-7-16(8-5-14)19(22)21-11-15-6-9-17-12-20-13-18(17)10-15;/h4-10,20H,2-3,11-13H2,1H3,(H,21,22);1H. The summed E-state index contributed by atoms with van der Waals surface area (Å²) >= 11 is 0. The van der Waals surface area contributed by atoms with Gasteiger partial charge in [0.05, 0.1) is 0 Å². The maximum atomic E-state index is 12.2. The van der Waals surface area contributed by atoms with Crippen LogP contribution in [0.2, 0.25) is 0 Å². The van der Waals surface area contributed by atoms with Crippen molar-refractivity contribution >= 4 is 18.3 Å². The van der Waals surface area contributed by atoms with Gasteiger partial charge in [0.15, 0.2) is 0 Å². The number of halogens is 1. The van der Waals surface area contributed by atoms with Crippen molar-refractivity contribution in [1.29, 1.82) is 0 Å². The summed E-state index contributed by atoms with van der Waals surface area (Å²) in [5.41, 5.74) is 5.86. The van der Waals surface area contributed by atoms with Crippen molar-refractivity contribution in [2.24, 2.45) is 0 Å². The van der Waals surface area contributed by atoms with Gasteiger partial charge in [0.1, 0.15) is 0 Å². The third-order valence-electron chi connectivity index (χ3n) is 4.11. The number of hydrogen-bond acceptors (Lipinski definition) is 2. The molecule has 0 aliphatic carbocycles. The average molecular weight is 331 g/mol. The lowest BCUT2D eigenvalue weighted by Crippen LogP contribution is -2.22. The Balaban J connectivity index is 0.00000192. The summed E-state index contributed by atoms with van der Waals surface area (Å²) < 4.78 is 0. The lowest BCUT2D eigenvalue weighted by molar-refractivity contribution is 0.0951. The van der Waals surface area contributed by atoms with Gasteiger partial charge in [0, 0.05) is 25.2 Å². The fourth-order valence-electron chi connectivity index (χ4n) is 2.85. The van der Waals surface area contributed by atoms with Gasteiger partial charge in [-0.3, -0.25) is 4.79 Å². The molecule has 2 N–H and O–H groups in total.